The Bertz CT molecular complexity index is 3270. The van der Waals surface area contributed by atoms with Gasteiger partial charge in [-0.05, 0) is 44.9 Å². The number of benzene rings is 3. The van der Waals surface area contributed by atoms with E-state index in [1.807, 2.05) is 4.90 Å². The summed E-state index contributed by atoms with van der Waals surface area (Å²) in [5.41, 5.74) is 0.0360. The number of piperazine rings is 1. The van der Waals surface area contributed by atoms with E-state index in [4.69, 9.17) is 29.1 Å². The van der Waals surface area contributed by atoms with Crippen LogP contribution in [0.2, 0.25) is 0 Å². The molecule has 22 heteroatoms. The molecular weight excluding hydrogens is 1050 g/mol. The van der Waals surface area contributed by atoms with Gasteiger partial charge < -0.3 is 59.4 Å². The maximum atomic E-state index is 15.0. The van der Waals surface area contributed by atoms with E-state index < -0.39 is 111 Å². The zero-order valence-corrected chi connectivity index (χ0v) is 48.2. The predicted molar refractivity (Wildman–Crippen MR) is 298 cm³/mol. The fraction of sp³-hybridized carbons (Fsp3) is 0.552. The van der Waals surface area contributed by atoms with Crippen molar-refractivity contribution in [2.75, 3.05) is 63.1 Å². The summed E-state index contributed by atoms with van der Waals surface area (Å²) in [6.45, 7) is 20.1. The highest BCUT2D eigenvalue weighted by Gasteiger charge is 2.51. The number of nitrogens with one attached hydrogen (secondary N) is 1. The molecule has 7 N–H and O–H groups in total. The number of nitrogens with two attached hydrogens (primary N) is 1. The molecular formula is C58H77N7O14S. The molecule has 0 aliphatic carbocycles. The lowest BCUT2D eigenvalue weighted by Crippen LogP contribution is -2.52. The maximum absolute atomic E-state index is 15.0. The molecule has 2 fully saturated rings. The number of carbonyl (C=O) groups is 4. The van der Waals surface area contributed by atoms with E-state index in [0.717, 1.165) is 6.54 Å². The minimum absolute atomic E-state index is 0.00114. The van der Waals surface area contributed by atoms with Gasteiger partial charge >= 0.3 is 11.8 Å². The number of fused-ring (bicyclic) bond motifs is 13. The number of aliphatic hydroxyl groups excluding tert-OH is 2. The molecule has 6 heterocycles. The lowest BCUT2D eigenvalue weighted by molar-refractivity contribution is -0.170. The van der Waals surface area contributed by atoms with Gasteiger partial charge in [-0.1, -0.05) is 71.9 Å². The molecule has 9 rings (SSSR count). The second kappa shape index (κ2) is 23.2. The van der Waals surface area contributed by atoms with Crippen LogP contribution in [0.4, 0.5) is 11.4 Å². The summed E-state index contributed by atoms with van der Waals surface area (Å²) in [6.07, 6.45) is 3.94. The number of sulfonamides is 1. The average molecular weight is 1130 g/mol. The Morgan fingerprint density at radius 1 is 0.900 bits per heavy atom. The Morgan fingerprint density at radius 3 is 2.20 bits per heavy atom. The van der Waals surface area contributed by atoms with Gasteiger partial charge in [-0.2, -0.15) is 0 Å². The molecule has 434 valence electrons. The van der Waals surface area contributed by atoms with Crippen LogP contribution in [-0.2, 0) is 38.6 Å². The van der Waals surface area contributed by atoms with Crippen LogP contribution in [0.25, 0.3) is 10.8 Å². The number of hydrogen-bond acceptors (Lipinski definition) is 18. The molecule has 3 aromatic rings. The van der Waals surface area contributed by atoms with Crippen molar-refractivity contribution in [1.29, 1.82) is 0 Å². The molecule has 3 aromatic carbocycles. The second-order valence-electron chi connectivity index (χ2n) is 22.9. The number of allylic oxidation sites excluding steroid dienone is 2. The quantitative estimate of drug-likeness (QED) is 0.104. The van der Waals surface area contributed by atoms with E-state index in [2.05, 4.69) is 29.1 Å². The van der Waals surface area contributed by atoms with Gasteiger partial charge in [0.05, 0.1) is 46.9 Å². The van der Waals surface area contributed by atoms with Crippen molar-refractivity contribution in [2.24, 2.45) is 50.6 Å². The summed E-state index contributed by atoms with van der Waals surface area (Å²) < 4.78 is 49.5. The monoisotopic (exact) mass is 1130 g/mol. The van der Waals surface area contributed by atoms with Crippen LogP contribution >= 0.6 is 0 Å². The number of para-hydroxylation sites is 1. The second-order valence-corrected chi connectivity index (χ2v) is 24.4. The number of anilines is 2. The molecule has 2 saturated heterocycles. The van der Waals surface area contributed by atoms with E-state index >= 15 is 4.79 Å². The van der Waals surface area contributed by atoms with E-state index in [0.29, 0.717) is 37.5 Å². The first kappa shape index (κ1) is 59.7. The van der Waals surface area contributed by atoms with Gasteiger partial charge in [-0.15, -0.1) is 0 Å². The van der Waals surface area contributed by atoms with E-state index in [1.165, 1.54) is 57.3 Å². The zero-order valence-electron chi connectivity index (χ0n) is 47.4. The third-order valence-corrected chi connectivity index (χ3v) is 17.7. The third kappa shape index (κ3) is 11.4. The number of phenols is 2. The summed E-state index contributed by atoms with van der Waals surface area (Å²) in [5, 5.41) is 57.1. The van der Waals surface area contributed by atoms with Gasteiger partial charge in [0.2, 0.25) is 15.9 Å². The van der Waals surface area contributed by atoms with Gasteiger partial charge in [0, 0.05) is 113 Å². The summed E-state index contributed by atoms with van der Waals surface area (Å²) in [6, 6.07) is 6.32. The fourth-order valence-electron chi connectivity index (χ4n) is 11.8. The van der Waals surface area contributed by atoms with Crippen molar-refractivity contribution < 1.29 is 67.0 Å². The normalized spacial score (nSPS) is 29.5. The molecule has 5 bridgehead atoms. The average Bonchev–Trinajstić information content (AvgIpc) is 3.93. The van der Waals surface area contributed by atoms with Gasteiger partial charge in [0.15, 0.2) is 5.75 Å². The van der Waals surface area contributed by atoms with Crippen molar-refractivity contribution in [1.82, 2.24) is 9.80 Å². The number of hydrogen-bond donors (Lipinski definition) is 6. The number of likely N-dealkylation sites (tertiary alicyclic amines) is 1. The Morgan fingerprint density at radius 2 is 1.56 bits per heavy atom. The van der Waals surface area contributed by atoms with Crippen LogP contribution in [0.5, 0.6) is 17.2 Å². The molecule has 1 spiro atoms. The van der Waals surface area contributed by atoms with E-state index in [9.17, 15) is 43.2 Å². The minimum Gasteiger partial charge on any atom is -0.507 e. The Balaban J connectivity index is 1.14. The van der Waals surface area contributed by atoms with Gasteiger partial charge in [-0.3, -0.25) is 24.2 Å². The number of aliphatic hydroxyl groups is 2. The number of piperidine rings is 1. The highest BCUT2D eigenvalue weighted by atomic mass is 32.2. The number of aromatic hydroxyl groups is 2. The first-order valence-corrected chi connectivity index (χ1v) is 28.9. The SMILES string of the molecule is CO[C@H]1/C=C/O[C@@]2(C)Oc3c(C)c(O)c4c(O)c(c5c(c4c3C2=O)NC2(CCN(CC(C)C)CC2)N=5)=NC(=O)/C(C)=C\C=C\[C@H](C)[C@H](O)[C@@H](C)[C@@H](O)[C@@H](C)[C@H](OC(=O)C(C)C(=O)N2CCN(c3ccccc3S(N)(=O)=O)CC2)[C@@H]1C. The number of primary sulfonamides is 1. The Labute approximate surface area is 466 Å². The lowest BCUT2D eigenvalue weighted by atomic mass is 9.78. The molecule has 0 saturated carbocycles. The predicted octanol–water partition coefficient (Wildman–Crippen LogP) is 4.36. The number of rotatable bonds is 8. The number of methoxy groups -OCH3 is 1. The highest BCUT2D eigenvalue weighted by molar-refractivity contribution is 7.89. The van der Waals surface area contributed by atoms with Gasteiger partial charge in [0.25, 0.3) is 11.7 Å². The first-order valence-electron chi connectivity index (χ1n) is 27.4. The molecule has 1 unspecified atom stereocenters. The molecule has 0 radical (unpaired) electrons. The lowest BCUT2D eigenvalue weighted by Gasteiger charge is -2.39. The number of Topliss-reactive ketones (excluding diaryl/α,β-unsaturated/α-hetero) is 1. The molecule has 6 aliphatic heterocycles. The Kier molecular flexibility index (Phi) is 17.3. The Hall–Kier alpha value is -6.43. The van der Waals surface area contributed by atoms with Crippen LogP contribution in [-0.4, -0.2) is 151 Å². The van der Waals surface area contributed by atoms with Crippen molar-refractivity contribution >= 4 is 55.7 Å². The zero-order chi connectivity index (χ0) is 58.5. The third-order valence-electron chi connectivity index (χ3n) is 16.7. The van der Waals surface area contributed by atoms with Crippen molar-refractivity contribution in [3.63, 3.8) is 0 Å². The number of esters is 1. The number of carbonyl (C=O) groups excluding carboxylic acids is 4. The van der Waals surface area contributed by atoms with Crippen molar-refractivity contribution in [3.05, 3.63) is 82.2 Å². The number of amides is 2. The maximum Gasteiger partial charge on any atom is 0.318 e. The van der Waals surface area contributed by atoms with Gasteiger partial charge in [-0.25, -0.2) is 18.5 Å². The van der Waals surface area contributed by atoms with Crippen LogP contribution in [0, 0.1) is 42.4 Å². The van der Waals surface area contributed by atoms with E-state index in [1.54, 1.807) is 65.0 Å². The van der Waals surface area contributed by atoms with Crippen LogP contribution in [0.1, 0.15) is 91.1 Å². The van der Waals surface area contributed by atoms with Crippen LogP contribution in [0.3, 0.4) is 0 Å². The molecule has 10 atom stereocenters. The van der Waals surface area contributed by atoms with E-state index in [-0.39, 0.29) is 80.7 Å². The minimum atomic E-state index is -4.04. The molecule has 2 amide bonds. The molecule has 21 nitrogen and oxygen atoms in total. The summed E-state index contributed by atoms with van der Waals surface area (Å²) in [7, 11) is -2.62. The summed E-state index contributed by atoms with van der Waals surface area (Å²) in [4.78, 5) is 72.6. The topological polar surface area (TPSA) is 293 Å². The fourth-order valence-corrected chi connectivity index (χ4v) is 12.5. The smallest absolute Gasteiger partial charge is 0.318 e. The number of phenolic OH excluding ortho intramolecular Hbond substituents is 2. The number of ketones is 1. The molecule has 80 heavy (non-hydrogen) atoms. The highest BCUT2D eigenvalue weighted by Crippen LogP contribution is 2.51. The standard InChI is InChI=1S/C58H77N7O14S/c1-30(2)29-63-22-20-58(21-23-63)61-44-41-42-49(68)36(8)52-43(41)53(70)57(10,79-52)77-28-19-39(76-11)33(5)51(78-56(73)37(9)55(72)65-26-24-64(25-27-65)38-17-12-13-18-40(38)80(59,74)75)35(7)48(67)34(6)47(66)31(3)15-14-16-32(4)54(71)60-46(50(42)69)45(44)62-58/h12-19,28,30-31,33-35,37,39,47-48,51,61,66-69H,20-27,29H2,1-11H3,(H2,59,74,75)/b15-14+,28-19+,32-16-,60-46?/t31-,33+,34+,35+,37?,39-,47-,48+,51+,57-/m0/s1. The summed E-state index contributed by atoms with van der Waals surface area (Å²) >= 11 is 0. The summed E-state index contributed by atoms with van der Waals surface area (Å²) in [5.74, 6) is -9.87. The molecule has 6 aliphatic rings. The largest absolute Gasteiger partial charge is 0.507 e. The molecule has 0 aromatic heterocycles. The van der Waals surface area contributed by atoms with Crippen LogP contribution < -0.4 is 30.8 Å². The number of nitrogens with zero attached hydrogens (tertiary/aromatic N) is 5. The van der Waals surface area contributed by atoms with Gasteiger partial charge in [0.1, 0.15) is 44.8 Å². The van der Waals surface area contributed by atoms with Crippen LogP contribution in [0.15, 0.2) is 75.3 Å². The number of ether oxygens (including phenoxy) is 4. The first-order chi connectivity index (χ1) is 37.6. The van der Waals surface area contributed by atoms with Crippen molar-refractivity contribution in [2.45, 2.75) is 123 Å². The van der Waals surface area contributed by atoms with Crippen molar-refractivity contribution in [3.8, 4) is 17.2 Å².